The second kappa shape index (κ2) is 7.31. The summed E-state index contributed by atoms with van der Waals surface area (Å²) >= 11 is 1.39. The average molecular weight is 340 g/mol. The monoisotopic (exact) mass is 340 g/mol. The van der Waals surface area contributed by atoms with Crippen LogP contribution in [-0.2, 0) is 0 Å². The molecule has 5 nitrogen and oxygen atoms in total. The number of ether oxygens (including phenoxy) is 2. The van der Waals surface area contributed by atoms with Crippen LogP contribution in [0.25, 0.3) is 10.9 Å². The van der Waals surface area contributed by atoms with E-state index in [2.05, 4.69) is 9.97 Å². The van der Waals surface area contributed by atoms with E-state index >= 15 is 0 Å². The van der Waals surface area contributed by atoms with E-state index in [9.17, 15) is 4.79 Å². The van der Waals surface area contributed by atoms with Gasteiger partial charge in [0.25, 0.3) is 0 Å². The molecule has 1 heterocycles. The third kappa shape index (κ3) is 3.33. The number of benzene rings is 2. The molecule has 0 saturated carbocycles. The van der Waals surface area contributed by atoms with Gasteiger partial charge in [0, 0.05) is 11.5 Å². The Kier molecular flexibility index (Phi) is 4.96. The molecule has 3 rings (SSSR count). The van der Waals surface area contributed by atoms with Gasteiger partial charge >= 0.3 is 0 Å². The van der Waals surface area contributed by atoms with Gasteiger partial charge in [0.05, 0.1) is 31.1 Å². The lowest BCUT2D eigenvalue weighted by molar-refractivity contribution is 0.101. The molecule has 0 aliphatic carbocycles. The molecule has 0 saturated heterocycles. The molecule has 0 N–H and O–H groups in total. The number of carbonyl (C=O) groups is 1. The number of ketones is 1. The fourth-order valence-electron chi connectivity index (χ4n) is 2.34. The summed E-state index contributed by atoms with van der Waals surface area (Å²) in [5.74, 6) is 1.40. The quantitative estimate of drug-likeness (QED) is 0.388. The topological polar surface area (TPSA) is 61.3 Å². The van der Waals surface area contributed by atoms with Crippen LogP contribution in [0, 0.1) is 0 Å². The first-order chi connectivity index (χ1) is 11.7. The van der Waals surface area contributed by atoms with E-state index in [-0.39, 0.29) is 11.5 Å². The van der Waals surface area contributed by atoms with Gasteiger partial charge in [-0.05, 0) is 18.2 Å². The average Bonchev–Trinajstić information content (AvgIpc) is 2.65. The lowest BCUT2D eigenvalue weighted by atomic mass is 10.1. The summed E-state index contributed by atoms with van der Waals surface area (Å²) in [5.41, 5.74) is 1.40. The summed E-state index contributed by atoms with van der Waals surface area (Å²) in [7, 11) is 3.11. The van der Waals surface area contributed by atoms with Crippen molar-refractivity contribution in [3.63, 3.8) is 0 Å². The molecule has 0 atom stereocenters. The lowest BCUT2D eigenvalue weighted by Crippen LogP contribution is -2.05. The van der Waals surface area contributed by atoms with Gasteiger partial charge in [-0.25, -0.2) is 9.97 Å². The van der Waals surface area contributed by atoms with E-state index in [0.29, 0.717) is 17.1 Å². The fraction of sp³-hybridized carbons (Fsp3) is 0.167. The van der Waals surface area contributed by atoms with Gasteiger partial charge in [0.15, 0.2) is 5.78 Å². The standard InChI is InChI=1S/C18H16N2O3S/c1-22-12-7-8-14(17(9-12)23-2)16(21)10-24-18-13-5-3-4-6-15(13)19-11-20-18/h3-9,11H,10H2,1-2H3. The predicted molar refractivity (Wildman–Crippen MR) is 94.1 cm³/mol. The van der Waals surface area contributed by atoms with Crippen molar-refractivity contribution in [3.8, 4) is 11.5 Å². The maximum absolute atomic E-state index is 12.5. The largest absolute Gasteiger partial charge is 0.497 e. The molecule has 0 fully saturated rings. The summed E-state index contributed by atoms with van der Waals surface area (Å²) in [6.07, 6.45) is 1.52. The molecule has 0 radical (unpaired) electrons. The number of Topliss-reactive ketones (excluding diaryl/α,β-unsaturated/α-hetero) is 1. The highest BCUT2D eigenvalue weighted by Gasteiger charge is 2.15. The number of hydrogen-bond donors (Lipinski definition) is 0. The second-order valence-electron chi connectivity index (χ2n) is 4.97. The minimum Gasteiger partial charge on any atom is -0.497 e. The van der Waals surface area contributed by atoms with Crippen LogP contribution in [0.1, 0.15) is 10.4 Å². The van der Waals surface area contributed by atoms with Crippen molar-refractivity contribution in [3.05, 3.63) is 54.4 Å². The van der Waals surface area contributed by atoms with Gasteiger partial charge in [-0.3, -0.25) is 4.79 Å². The van der Waals surface area contributed by atoms with Crippen molar-refractivity contribution < 1.29 is 14.3 Å². The van der Waals surface area contributed by atoms with Crippen molar-refractivity contribution in [1.82, 2.24) is 9.97 Å². The summed E-state index contributed by atoms with van der Waals surface area (Å²) in [6, 6.07) is 12.9. The Labute approximate surface area is 144 Å². The summed E-state index contributed by atoms with van der Waals surface area (Å²) in [6.45, 7) is 0. The van der Waals surface area contributed by atoms with E-state index in [1.54, 1.807) is 25.3 Å². The predicted octanol–water partition coefficient (Wildman–Crippen LogP) is 3.62. The lowest BCUT2D eigenvalue weighted by Gasteiger charge is -2.09. The second-order valence-corrected chi connectivity index (χ2v) is 5.94. The van der Waals surface area contributed by atoms with Gasteiger partial charge < -0.3 is 9.47 Å². The number of methoxy groups -OCH3 is 2. The number of aromatic nitrogens is 2. The minimum atomic E-state index is -0.0257. The highest BCUT2D eigenvalue weighted by Crippen LogP contribution is 2.28. The molecule has 6 heteroatoms. The molecular weight excluding hydrogens is 324 g/mol. The van der Waals surface area contributed by atoms with Crippen LogP contribution < -0.4 is 9.47 Å². The molecular formula is C18H16N2O3S. The Morgan fingerprint density at radius 2 is 1.92 bits per heavy atom. The van der Waals surface area contributed by atoms with Crippen LogP contribution in [0.2, 0.25) is 0 Å². The van der Waals surface area contributed by atoms with Crippen molar-refractivity contribution >= 4 is 28.4 Å². The molecule has 0 aliphatic heterocycles. The molecule has 2 aromatic carbocycles. The Bertz CT molecular complexity index is 878. The molecule has 122 valence electrons. The number of fused-ring (bicyclic) bond motifs is 1. The third-order valence-electron chi connectivity index (χ3n) is 3.56. The number of hydrogen-bond acceptors (Lipinski definition) is 6. The summed E-state index contributed by atoms with van der Waals surface area (Å²) in [4.78, 5) is 21.1. The molecule has 0 amide bonds. The number of rotatable bonds is 6. The van der Waals surface area contributed by atoms with E-state index in [1.807, 2.05) is 24.3 Å². The molecule has 0 unspecified atom stereocenters. The maximum atomic E-state index is 12.5. The third-order valence-corrected chi connectivity index (χ3v) is 4.56. The van der Waals surface area contributed by atoms with Gasteiger partial charge in [-0.2, -0.15) is 0 Å². The van der Waals surface area contributed by atoms with Crippen molar-refractivity contribution in [2.75, 3.05) is 20.0 Å². The molecule has 0 bridgehead atoms. The first-order valence-corrected chi connectivity index (χ1v) is 8.29. The fourth-order valence-corrected chi connectivity index (χ4v) is 3.21. The number of para-hydroxylation sites is 1. The molecule has 1 aromatic heterocycles. The first kappa shape index (κ1) is 16.3. The van der Waals surface area contributed by atoms with Crippen LogP contribution in [0.5, 0.6) is 11.5 Å². The number of nitrogens with zero attached hydrogens (tertiary/aromatic N) is 2. The minimum absolute atomic E-state index is 0.0257. The zero-order valence-corrected chi connectivity index (χ0v) is 14.2. The zero-order chi connectivity index (χ0) is 16.9. The Morgan fingerprint density at radius 3 is 2.71 bits per heavy atom. The van der Waals surface area contributed by atoms with Crippen molar-refractivity contribution in [2.24, 2.45) is 0 Å². The Balaban J connectivity index is 1.80. The smallest absolute Gasteiger partial charge is 0.176 e. The van der Waals surface area contributed by atoms with E-state index in [4.69, 9.17) is 9.47 Å². The van der Waals surface area contributed by atoms with E-state index < -0.39 is 0 Å². The molecule has 24 heavy (non-hydrogen) atoms. The van der Waals surface area contributed by atoms with Gasteiger partial charge in [0.1, 0.15) is 22.9 Å². The van der Waals surface area contributed by atoms with Crippen molar-refractivity contribution in [2.45, 2.75) is 5.03 Å². The van der Waals surface area contributed by atoms with E-state index in [1.165, 1.54) is 25.2 Å². The van der Waals surface area contributed by atoms with Crippen LogP contribution in [0.3, 0.4) is 0 Å². The van der Waals surface area contributed by atoms with E-state index in [0.717, 1.165) is 15.9 Å². The number of carbonyl (C=O) groups excluding carboxylic acids is 1. The van der Waals surface area contributed by atoms with Crippen LogP contribution in [-0.4, -0.2) is 35.7 Å². The zero-order valence-electron chi connectivity index (χ0n) is 13.4. The summed E-state index contributed by atoms with van der Waals surface area (Å²) in [5, 5.41) is 1.74. The number of thioether (sulfide) groups is 1. The highest BCUT2D eigenvalue weighted by molar-refractivity contribution is 8.00. The normalized spacial score (nSPS) is 10.6. The highest BCUT2D eigenvalue weighted by atomic mass is 32.2. The Morgan fingerprint density at radius 1 is 1.08 bits per heavy atom. The van der Waals surface area contributed by atoms with Gasteiger partial charge in [-0.15, -0.1) is 0 Å². The molecule has 0 aliphatic rings. The Hall–Kier alpha value is -2.60. The first-order valence-electron chi connectivity index (χ1n) is 7.30. The van der Waals surface area contributed by atoms with Gasteiger partial charge in [0.2, 0.25) is 0 Å². The van der Waals surface area contributed by atoms with Crippen molar-refractivity contribution in [1.29, 1.82) is 0 Å². The van der Waals surface area contributed by atoms with Crippen LogP contribution >= 0.6 is 11.8 Å². The maximum Gasteiger partial charge on any atom is 0.176 e. The molecule has 0 spiro atoms. The summed E-state index contributed by atoms with van der Waals surface area (Å²) < 4.78 is 10.5. The van der Waals surface area contributed by atoms with Crippen LogP contribution in [0.15, 0.2) is 53.8 Å². The molecule has 3 aromatic rings. The van der Waals surface area contributed by atoms with Gasteiger partial charge in [-0.1, -0.05) is 30.0 Å². The van der Waals surface area contributed by atoms with Crippen LogP contribution in [0.4, 0.5) is 0 Å². The SMILES string of the molecule is COc1ccc(C(=O)CSc2ncnc3ccccc23)c(OC)c1.